The molecule has 0 aliphatic carbocycles. The molecular formula is C15H11N3O6. The van der Waals surface area contributed by atoms with Gasteiger partial charge in [-0.25, -0.2) is 4.79 Å². The number of amides is 1. The van der Waals surface area contributed by atoms with Crippen LogP contribution in [-0.4, -0.2) is 34.2 Å². The number of aromatic nitrogens is 2. The van der Waals surface area contributed by atoms with Gasteiger partial charge in [0.25, 0.3) is 0 Å². The average Bonchev–Trinajstić information content (AvgIpc) is 3.25. The number of rotatable bonds is 5. The van der Waals surface area contributed by atoms with Crippen molar-refractivity contribution in [3.05, 3.63) is 48.0 Å². The molecule has 0 saturated carbocycles. The second kappa shape index (κ2) is 6.24. The van der Waals surface area contributed by atoms with E-state index in [2.05, 4.69) is 15.5 Å². The molecule has 3 rings (SSSR count). The maximum absolute atomic E-state index is 12.1. The van der Waals surface area contributed by atoms with Gasteiger partial charge in [-0.2, -0.15) is 4.98 Å². The second-order valence-corrected chi connectivity index (χ2v) is 4.57. The van der Waals surface area contributed by atoms with Crippen LogP contribution in [0.25, 0.3) is 11.6 Å². The van der Waals surface area contributed by atoms with E-state index in [0.717, 1.165) is 0 Å². The number of furan rings is 1. The minimum atomic E-state index is -1.18. The van der Waals surface area contributed by atoms with Crippen LogP contribution in [0, 0.1) is 0 Å². The number of ether oxygens (including phenoxy) is 1. The number of nitrogens with one attached hydrogen (secondary N) is 1. The van der Waals surface area contributed by atoms with Gasteiger partial charge in [0.2, 0.25) is 5.82 Å². The summed E-state index contributed by atoms with van der Waals surface area (Å²) in [6.07, 6.45) is 1.44. The van der Waals surface area contributed by atoms with Gasteiger partial charge >= 0.3 is 17.8 Å². The zero-order valence-electron chi connectivity index (χ0n) is 12.3. The van der Waals surface area contributed by atoms with Crippen LogP contribution >= 0.6 is 0 Å². The molecule has 1 aromatic carbocycles. The first-order valence-electron chi connectivity index (χ1n) is 6.68. The van der Waals surface area contributed by atoms with Gasteiger partial charge < -0.3 is 24.1 Å². The Bertz CT molecular complexity index is 885. The fourth-order valence-electron chi connectivity index (χ4n) is 1.96. The van der Waals surface area contributed by atoms with Crippen molar-refractivity contribution in [2.75, 3.05) is 12.4 Å². The summed E-state index contributed by atoms with van der Waals surface area (Å²) in [5.74, 6) is -1.48. The molecule has 1 amide bonds. The van der Waals surface area contributed by atoms with Gasteiger partial charge in [-0.15, -0.1) is 0 Å². The van der Waals surface area contributed by atoms with Crippen LogP contribution in [0.1, 0.15) is 21.0 Å². The van der Waals surface area contributed by atoms with E-state index < -0.39 is 11.9 Å². The fourth-order valence-corrected chi connectivity index (χ4v) is 1.96. The predicted octanol–water partition coefficient (Wildman–Crippen LogP) is 2.29. The molecule has 3 aromatic rings. The topological polar surface area (TPSA) is 128 Å². The first-order valence-corrected chi connectivity index (χ1v) is 6.68. The molecule has 0 aliphatic rings. The Balaban J connectivity index is 1.80. The molecule has 0 unspecified atom stereocenters. The van der Waals surface area contributed by atoms with Crippen molar-refractivity contribution in [3.63, 3.8) is 0 Å². The Morgan fingerprint density at radius 1 is 1.29 bits per heavy atom. The summed E-state index contributed by atoms with van der Waals surface area (Å²) in [5.41, 5.74) is 0.160. The highest BCUT2D eigenvalue weighted by atomic mass is 16.5. The summed E-state index contributed by atoms with van der Waals surface area (Å²) in [4.78, 5) is 27.2. The lowest BCUT2D eigenvalue weighted by Crippen LogP contribution is -2.13. The summed E-state index contributed by atoms with van der Waals surface area (Å²) in [5, 5.41) is 15.3. The number of hydrogen-bond acceptors (Lipinski definition) is 7. The third kappa shape index (κ3) is 2.95. The molecule has 0 saturated heterocycles. The standard InChI is InChI=1S/C15H11N3O6/c1-22-10-5-4-8(7-9(10)15(20)21)16-13(19)14-17-12(18-24-14)11-3-2-6-23-11/h2-7H,1H3,(H,16,19)(H,20,21). The molecule has 0 fully saturated rings. The van der Waals surface area contributed by atoms with Crippen molar-refractivity contribution in [2.45, 2.75) is 0 Å². The Morgan fingerprint density at radius 2 is 2.12 bits per heavy atom. The fraction of sp³-hybridized carbons (Fsp3) is 0.0667. The van der Waals surface area contributed by atoms with Crippen molar-refractivity contribution in [2.24, 2.45) is 0 Å². The van der Waals surface area contributed by atoms with Crippen LogP contribution in [0.2, 0.25) is 0 Å². The summed E-state index contributed by atoms with van der Waals surface area (Å²) >= 11 is 0. The Kier molecular flexibility index (Phi) is 3.98. The number of nitrogens with zero attached hydrogens (tertiary/aromatic N) is 2. The lowest BCUT2D eigenvalue weighted by Gasteiger charge is -2.07. The van der Waals surface area contributed by atoms with E-state index >= 15 is 0 Å². The molecule has 0 aliphatic heterocycles. The SMILES string of the molecule is COc1ccc(NC(=O)c2nc(-c3ccco3)no2)cc1C(=O)O. The predicted molar refractivity (Wildman–Crippen MR) is 79.9 cm³/mol. The maximum Gasteiger partial charge on any atom is 0.339 e. The number of benzene rings is 1. The number of carbonyl (C=O) groups is 2. The Morgan fingerprint density at radius 3 is 2.79 bits per heavy atom. The van der Waals surface area contributed by atoms with Gasteiger partial charge in [-0.05, 0) is 30.3 Å². The first kappa shape index (κ1) is 15.3. The van der Waals surface area contributed by atoms with E-state index in [0.29, 0.717) is 5.76 Å². The second-order valence-electron chi connectivity index (χ2n) is 4.57. The summed E-state index contributed by atoms with van der Waals surface area (Å²) < 4.78 is 14.9. The zero-order valence-corrected chi connectivity index (χ0v) is 12.3. The van der Waals surface area contributed by atoms with Crippen LogP contribution in [0.5, 0.6) is 5.75 Å². The number of carboxylic acids is 1. The Hall–Kier alpha value is -3.62. The molecule has 9 heteroatoms. The van der Waals surface area contributed by atoms with Crippen LogP contribution in [0.4, 0.5) is 5.69 Å². The lowest BCUT2D eigenvalue weighted by molar-refractivity contribution is 0.0693. The monoisotopic (exact) mass is 329 g/mol. The van der Waals surface area contributed by atoms with Gasteiger partial charge in [-0.1, -0.05) is 5.16 Å². The molecule has 2 heterocycles. The zero-order chi connectivity index (χ0) is 17.1. The lowest BCUT2D eigenvalue weighted by atomic mass is 10.1. The molecule has 2 N–H and O–H groups in total. The molecule has 0 spiro atoms. The molecule has 0 atom stereocenters. The molecule has 0 radical (unpaired) electrons. The van der Waals surface area contributed by atoms with Crippen molar-refractivity contribution < 1.29 is 28.4 Å². The molecule has 24 heavy (non-hydrogen) atoms. The number of anilines is 1. The normalized spacial score (nSPS) is 10.4. The van der Waals surface area contributed by atoms with Gasteiger partial charge in [0.05, 0.1) is 13.4 Å². The van der Waals surface area contributed by atoms with E-state index in [4.69, 9.17) is 18.8 Å². The average molecular weight is 329 g/mol. The number of hydrogen-bond donors (Lipinski definition) is 2. The van der Waals surface area contributed by atoms with E-state index in [-0.39, 0.29) is 28.7 Å². The van der Waals surface area contributed by atoms with Crippen LogP contribution in [-0.2, 0) is 0 Å². The van der Waals surface area contributed by atoms with Gasteiger partial charge in [0, 0.05) is 5.69 Å². The summed E-state index contributed by atoms with van der Waals surface area (Å²) in [6, 6.07) is 7.46. The largest absolute Gasteiger partial charge is 0.496 e. The van der Waals surface area contributed by atoms with Crippen molar-refractivity contribution >= 4 is 17.6 Å². The minimum Gasteiger partial charge on any atom is -0.496 e. The van der Waals surface area contributed by atoms with Gasteiger partial charge in [0.1, 0.15) is 11.3 Å². The minimum absolute atomic E-state index is 0.0860. The van der Waals surface area contributed by atoms with Crippen LogP contribution < -0.4 is 10.1 Å². The van der Waals surface area contributed by atoms with E-state index in [1.807, 2.05) is 0 Å². The third-order valence-corrected chi connectivity index (χ3v) is 3.05. The number of carboxylic acid groups (broad SMARTS) is 1. The summed E-state index contributed by atoms with van der Waals surface area (Å²) in [7, 11) is 1.36. The molecule has 2 aromatic heterocycles. The van der Waals surface area contributed by atoms with E-state index in [9.17, 15) is 9.59 Å². The van der Waals surface area contributed by atoms with Crippen molar-refractivity contribution in [1.29, 1.82) is 0 Å². The van der Waals surface area contributed by atoms with E-state index in [1.165, 1.54) is 31.6 Å². The van der Waals surface area contributed by atoms with Gasteiger partial charge in [-0.3, -0.25) is 4.79 Å². The van der Waals surface area contributed by atoms with Crippen LogP contribution in [0.15, 0.2) is 45.5 Å². The number of methoxy groups -OCH3 is 1. The first-order chi connectivity index (χ1) is 11.6. The molecule has 0 bridgehead atoms. The quantitative estimate of drug-likeness (QED) is 0.729. The van der Waals surface area contributed by atoms with Gasteiger partial charge in [0.15, 0.2) is 5.76 Å². The number of aromatic carboxylic acids is 1. The van der Waals surface area contributed by atoms with Crippen molar-refractivity contribution in [3.8, 4) is 17.3 Å². The highest BCUT2D eigenvalue weighted by molar-refractivity contribution is 6.02. The maximum atomic E-state index is 12.1. The van der Waals surface area contributed by atoms with Crippen molar-refractivity contribution in [1.82, 2.24) is 10.1 Å². The highest BCUT2D eigenvalue weighted by Crippen LogP contribution is 2.23. The number of carbonyl (C=O) groups excluding carboxylic acids is 1. The third-order valence-electron chi connectivity index (χ3n) is 3.05. The molecular weight excluding hydrogens is 318 g/mol. The highest BCUT2D eigenvalue weighted by Gasteiger charge is 2.19. The molecule has 9 nitrogen and oxygen atoms in total. The summed E-state index contributed by atoms with van der Waals surface area (Å²) in [6.45, 7) is 0. The van der Waals surface area contributed by atoms with Crippen LogP contribution in [0.3, 0.4) is 0 Å². The van der Waals surface area contributed by atoms with E-state index in [1.54, 1.807) is 12.1 Å². The molecule has 122 valence electrons. The smallest absolute Gasteiger partial charge is 0.339 e. The Labute approximate surface area is 134 Å².